The molecule has 3 rings (SSSR count). The second-order valence-electron chi connectivity index (χ2n) is 4.71. The maximum atomic E-state index is 10.2. The number of allylic oxidation sites excluding steroid dienone is 1. The highest BCUT2D eigenvalue weighted by Gasteiger charge is 2.16. The Labute approximate surface area is 116 Å². The largest absolute Gasteiger partial charge is 0.493 e. The summed E-state index contributed by atoms with van der Waals surface area (Å²) in [5.74, 6) is 0.116. The van der Waals surface area contributed by atoms with Crippen LogP contribution in [-0.4, -0.2) is 20.5 Å². The normalized spacial score (nSPS) is 15.0. The van der Waals surface area contributed by atoms with E-state index in [0.717, 1.165) is 16.8 Å². The smallest absolute Gasteiger partial charge is 0.218 e. The molecule has 102 valence electrons. The lowest BCUT2D eigenvalue weighted by atomic mass is 10.1. The number of nitrogens with one attached hydrogen (secondary N) is 1. The van der Waals surface area contributed by atoms with Crippen molar-refractivity contribution in [2.24, 2.45) is 12.0 Å². The van der Waals surface area contributed by atoms with E-state index in [1.807, 2.05) is 37.3 Å². The molecule has 0 amide bonds. The van der Waals surface area contributed by atoms with Crippen LogP contribution in [0.4, 0.5) is 5.69 Å². The molecular weight excluding hydrogens is 252 g/mol. The predicted octanol–water partition coefficient (Wildman–Crippen LogP) is 2.29. The molecule has 0 saturated carbocycles. The number of imidazole rings is 1. The average molecular weight is 268 g/mol. The van der Waals surface area contributed by atoms with E-state index in [1.54, 1.807) is 22.4 Å². The summed E-state index contributed by atoms with van der Waals surface area (Å²) in [7, 11) is 1.78. The predicted molar refractivity (Wildman–Crippen MR) is 79.1 cm³/mol. The Hall–Kier alpha value is -2.56. The molecule has 2 aromatic rings. The Bertz CT molecular complexity index is 793. The molecule has 1 aromatic heterocycles. The van der Waals surface area contributed by atoms with Crippen LogP contribution < -0.4 is 5.62 Å². The van der Waals surface area contributed by atoms with E-state index in [0.29, 0.717) is 12.2 Å². The van der Waals surface area contributed by atoms with Crippen LogP contribution in [0.25, 0.3) is 11.6 Å². The number of para-hydroxylation sites is 1. The van der Waals surface area contributed by atoms with Gasteiger partial charge in [-0.1, -0.05) is 18.2 Å². The van der Waals surface area contributed by atoms with Crippen LogP contribution in [0.5, 0.6) is 5.88 Å². The number of hydrogen-bond acceptors (Lipinski definition) is 3. The molecule has 0 radical (unpaired) electrons. The van der Waals surface area contributed by atoms with Crippen LogP contribution in [0, 0.1) is 5.41 Å². The van der Waals surface area contributed by atoms with Gasteiger partial charge in [0.05, 0.1) is 5.69 Å². The summed E-state index contributed by atoms with van der Waals surface area (Å²) in [6.07, 6.45) is 3.66. The highest BCUT2D eigenvalue weighted by molar-refractivity contribution is 6.21. The van der Waals surface area contributed by atoms with Crippen molar-refractivity contribution in [3.63, 3.8) is 0 Å². The van der Waals surface area contributed by atoms with Gasteiger partial charge in [0.1, 0.15) is 5.69 Å². The van der Waals surface area contributed by atoms with E-state index < -0.39 is 0 Å². The van der Waals surface area contributed by atoms with Gasteiger partial charge >= 0.3 is 0 Å². The summed E-state index contributed by atoms with van der Waals surface area (Å²) < 4.78 is 3.23. The van der Waals surface area contributed by atoms with Crippen molar-refractivity contribution in [2.45, 2.75) is 13.5 Å². The van der Waals surface area contributed by atoms with Gasteiger partial charge in [-0.25, -0.2) is 0 Å². The maximum absolute atomic E-state index is 10.2. The van der Waals surface area contributed by atoms with Crippen LogP contribution >= 0.6 is 0 Å². The third kappa shape index (κ3) is 1.71. The van der Waals surface area contributed by atoms with Gasteiger partial charge in [-0.15, -0.1) is 0 Å². The highest BCUT2D eigenvalue weighted by atomic mass is 16.3. The van der Waals surface area contributed by atoms with Crippen LogP contribution in [0.1, 0.15) is 18.2 Å². The molecule has 0 fully saturated rings. The molecule has 0 saturated heterocycles. The quantitative estimate of drug-likeness (QED) is 0.862. The van der Waals surface area contributed by atoms with E-state index in [-0.39, 0.29) is 11.5 Å². The zero-order valence-corrected chi connectivity index (χ0v) is 11.5. The van der Waals surface area contributed by atoms with Crippen LogP contribution in [0.2, 0.25) is 0 Å². The van der Waals surface area contributed by atoms with Crippen molar-refractivity contribution in [3.8, 4) is 5.88 Å². The van der Waals surface area contributed by atoms with Gasteiger partial charge in [-0.05, 0) is 19.1 Å². The fraction of sp³-hybridized carbons (Fsp3) is 0.200. The first-order valence-corrected chi connectivity index (χ1v) is 6.51. The molecular formula is C15H16N4O. The van der Waals surface area contributed by atoms with Crippen LogP contribution in [-0.2, 0) is 13.6 Å². The van der Waals surface area contributed by atoms with Crippen LogP contribution in [0.3, 0.4) is 0 Å². The number of fused-ring (bicyclic) bond motifs is 1. The SMILES string of the molecule is CCn1c(O)c(/C=C2/C=Nc3ccccc32)n(C)c1=N. The van der Waals surface area contributed by atoms with E-state index in [1.165, 1.54) is 0 Å². The minimum absolute atomic E-state index is 0.116. The van der Waals surface area contributed by atoms with Crippen molar-refractivity contribution in [2.75, 3.05) is 0 Å². The Morgan fingerprint density at radius 2 is 2.10 bits per heavy atom. The van der Waals surface area contributed by atoms with Gasteiger partial charge in [-0.3, -0.25) is 15.0 Å². The van der Waals surface area contributed by atoms with Gasteiger partial charge in [-0.2, -0.15) is 0 Å². The molecule has 0 atom stereocenters. The molecule has 0 aliphatic carbocycles. The van der Waals surface area contributed by atoms with Crippen molar-refractivity contribution in [1.29, 1.82) is 5.41 Å². The fourth-order valence-electron chi connectivity index (χ4n) is 2.45. The van der Waals surface area contributed by atoms with E-state index >= 15 is 0 Å². The first-order chi connectivity index (χ1) is 9.63. The lowest BCUT2D eigenvalue weighted by Crippen LogP contribution is -2.22. The van der Waals surface area contributed by atoms with E-state index in [4.69, 9.17) is 5.41 Å². The van der Waals surface area contributed by atoms with Crippen molar-refractivity contribution < 1.29 is 5.11 Å². The summed E-state index contributed by atoms with van der Waals surface area (Å²) in [6.45, 7) is 2.47. The van der Waals surface area contributed by atoms with Gasteiger partial charge in [0, 0.05) is 30.9 Å². The molecule has 0 bridgehead atoms. The lowest BCUT2D eigenvalue weighted by Gasteiger charge is -2.01. The monoisotopic (exact) mass is 268 g/mol. The second-order valence-corrected chi connectivity index (χ2v) is 4.71. The molecule has 1 aromatic carbocycles. The summed E-state index contributed by atoms with van der Waals surface area (Å²) in [4.78, 5) is 4.35. The molecule has 5 heteroatoms. The standard InChI is InChI=1S/C15H16N4O/c1-3-19-14(20)13(18(2)15(19)16)8-10-9-17-12-7-5-4-6-11(10)12/h4-9,16,20H,3H2,1-2H3/b10-8-,16-15?. The number of benzene rings is 1. The van der Waals surface area contributed by atoms with E-state index in [2.05, 4.69) is 4.99 Å². The minimum atomic E-state index is 0.116. The Kier molecular flexibility index (Phi) is 2.82. The topological polar surface area (TPSA) is 66.3 Å². The third-order valence-electron chi connectivity index (χ3n) is 3.59. The van der Waals surface area contributed by atoms with Gasteiger partial charge in [0.2, 0.25) is 11.5 Å². The van der Waals surface area contributed by atoms with E-state index in [9.17, 15) is 5.11 Å². The number of aromatic hydroxyl groups is 1. The van der Waals surface area contributed by atoms with Crippen LogP contribution in [0.15, 0.2) is 29.3 Å². The molecule has 0 unspecified atom stereocenters. The summed E-state index contributed by atoms with van der Waals surface area (Å²) in [6, 6.07) is 7.88. The number of aromatic nitrogens is 2. The molecule has 2 N–H and O–H groups in total. The summed E-state index contributed by atoms with van der Waals surface area (Å²) >= 11 is 0. The fourth-order valence-corrected chi connectivity index (χ4v) is 2.45. The molecule has 0 spiro atoms. The number of rotatable bonds is 2. The Morgan fingerprint density at radius 1 is 1.35 bits per heavy atom. The number of nitrogens with zero attached hydrogens (tertiary/aromatic N) is 3. The first kappa shape index (κ1) is 12.5. The van der Waals surface area contributed by atoms with Gasteiger partial charge in [0.25, 0.3) is 0 Å². The maximum Gasteiger partial charge on any atom is 0.218 e. The second kappa shape index (κ2) is 4.52. The molecule has 1 aliphatic rings. The average Bonchev–Trinajstić information content (AvgIpc) is 2.95. The molecule has 1 aliphatic heterocycles. The van der Waals surface area contributed by atoms with Gasteiger partial charge in [0.15, 0.2) is 0 Å². The zero-order valence-electron chi connectivity index (χ0n) is 11.5. The summed E-state index contributed by atoms with van der Waals surface area (Å²) in [5, 5.41) is 18.2. The third-order valence-corrected chi connectivity index (χ3v) is 3.59. The van der Waals surface area contributed by atoms with Crippen molar-refractivity contribution >= 4 is 23.6 Å². The molecule has 20 heavy (non-hydrogen) atoms. The summed E-state index contributed by atoms with van der Waals surface area (Å²) in [5.41, 5.74) is 3.82. The molecule has 5 nitrogen and oxygen atoms in total. The van der Waals surface area contributed by atoms with Crippen molar-refractivity contribution in [1.82, 2.24) is 9.13 Å². The zero-order chi connectivity index (χ0) is 14.3. The van der Waals surface area contributed by atoms with Crippen molar-refractivity contribution in [3.05, 3.63) is 41.1 Å². The van der Waals surface area contributed by atoms with Gasteiger partial charge < -0.3 is 9.67 Å². The highest BCUT2D eigenvalue weighted by Crippen LogP contribution is 2.33. The lowest BCUT2D eigenvalue weighted by molar-refractivity contribution is 0.415. The number of hydrogen-bond donors (Lipinski definition) is 2. The number of aliphatic imine (C=N–C) groups is 1. The Balaban J connectivity index is 2.16. The first-order valence-electron chi connectivity index (χ1n) is 6.51. The minimum Gasteiger partial charge on any atom is -0.493 e. The molecule has 2 heterocycles. The Morgan fingerprint density at radius 3 is 2.80 bits per heavy atom.